The Morgan fingerprint density at radius 2 is 1.62 bits per heavy atom. The summed E-state index contributed by atoms with van der Waals surface area (Å²) in [4.78, 5) is 43.8. The Hall–Kier alpha value is -3.78. The third kappa shape index (κ3) is 6.14. The quantitative estimate of drug-likeness (QED) is 0.190. The van der Waals surface area contributed by atoms with Gasteiger partial charge >= 0.3 is 0 Å². The van der Waals surface area contributed by atoms with Crippen LogP contribution in [0.1, 0.15) is 45.7 Å². The van der Waals surface area contributed by atoms with E-state index in [2.05, 4.69) is 5.32 Å². The van der Waals surface area contributed by atoms with Crippen molar-refractivity contribution in [2.75, 3.05) is 12.3 Å². The first-order valence-corrected chi connectivity index (χ1v) is 13.0. The summed E-state index contributed by atoms with van der Waals surface area (Å²) >= 11 is 1.13. The minimum atomic E-state index is -0.419. The van der Waals surface area contributed by atoms with E-state index in [1.807, 2.05) is 45.9 Å². The van der Waals surface area contributed by atoms with Gasteiger partial charge in [0, 0.05) is 17.7 Å². The molecule has 37 heavy (non-hydrogen) atoms. The zero-order valence-corrected chi connectivity index (χ0v) is 22.0. The highest BCUT2D eigenvalue weighted by atomic mass is 32.2. The van der Waals surface area contributed by atoms with Crippen LogP contribution in [0.3, 0.4) is 0 Å². The lowest BCUT2D eigenvalue weighted by molar-refractivity contribution is 0.0948. The van der Waals surface area contributed by atoms with E-state index >= 15 is 0 Å². The second kappa shape index (κ2) is 11.1. The first kappa shape index (κ1) is 26.3. The van der Waals surface area contributed by atoms with E-state index in [-0.39, 0.29) is 23.0 Å². The molecule has 0 unspecified atom stereocenters. The van der Waals surface area contributed by atoms with Gasteiger partial charge < -0.3 is 5.32 Å². The lowest BCUT2D eigenvalue weighted by Crippen LogP contribution is -2.27. The van der Waals surface area contributed by atoms with Crippen LogP contribution in [-0.2, 0) is 0 Å². The van der Waals surface area contributed by atoms with Crippen molar-refractivity contribution in [2.24, 2.45) is 5.92 Å². The lowest BCUT2D eigenvalue weighted by atomic mass is 10.1. The van der Waals surface area contributed by atoms with Gasteiger partial charge in [-0.15, -0.1) is 0 Å². The zero-order chi connectivity index (χ0) is 26.7. The van der Waals surface area contributed by atoms with E-state index in [9.17, 15) is 18.8 Å². The number of hydrogen-bond donors (Lipinski definition) is 1. The summed E-state index contributed by atoms with van der Waals surface area (Å²) in [5.74, 6) is -0.570. The molecule has 0 spiro atoms. The smallest absolute Gasteiger partial charge is 0.266 e. The van der Waals surface area contributed by atoms with Crippen LogP contribution in [0.5, 0.6) is 0 Å². The van der Waals surface area contributed by atoms with Crippen molar-refractivity contribution in [3.05, 3.63) is 99.1 Å². The number of nitrogens with zero attached hydrogens (tertiary/aromatic N) is 2. The van der Waals surface area contributed by atoms with Gasteiger partial charge in [0.25, 0.3) is 11.5 Å². The number of carbonyl (C=O) groups excluding carboxylic acids is 2. The maximum absolute atomic E-state index is 13.7. The molecule has 0 saturated carbocycles. The van der Waals surface area contributed by atoms with Crippen LogP contribution < -0.4 is 10.9 Å². The van der Waals surface area contributed by atoms with Crippen LogP contribution in [-0.4, -0.2) is 33.5 Å². The van der Waals surface area contributed by atoms with Crippen LogP contribution >= 0.6 is 11.8 Å². The van der Waals surface area contributed by atoms with Gasteiger partial charge in [0.1, 0.15) is 5.82 Å². The molecule has 0 aliphatic heterocycles. The van der Waals surface area contributed by atoms with E-state index in [0.29, 0.717) is 45.3 Å². The number of amides is 1. The van der Waals surface area contributed by atoms with Crippen molar-refractivity contribution in [1.29, 1.82) is 0 Å². The van der Waals surface area contributed by atoms with Gasteiger partial charge in [0.15, 0.2) is 10.9 Å². The SMILES string of the molecule is Cc1cc(C)cc(-n2c(SCC(=O)c3ccc(F)cc3)nc3cc(C(=O)NCC(C)C)ccc3c2=O)c1. The number of aromatic nitrogens is 2. The minimum Gasteiger partial charge on any atom is -0.352 e. The summed E-state index contributed by atoms with van der Waals surface area (Å²) in [6.45, 7) is 8.44. The van der Waals surface area contributed by atoms with E-state index in [0.717, 1.165) is 22.9 Å². The highest BCUT2D eigenvalue weighted by Crippen LogP contribution is 2.24. The summed E-state index contributed by atoms with van der Waals surface area (Å²) in [7, 11) is 0. The topological polar surface area (TPSA) is 81.1 Å². The molecule has 0 aliphatic rings. The molecule has 4 aromatic rings. The molecule has 1 aromatic heterocycles. The van der Waals surface area contributed by atoms with Crippen molar-refractivity contribution in [3.8, 4) is 5.69 Å². The fourth-order valence-corrected chi connectivity index (χ4v) is 4.87. The molecule has 0 aliphatic carbocycles. The first-order chi connectivity index (χ1) is 17.6. The molecule has 0 fully saturated rings. The van der Waals surface area contributed by atoms with E-state index in [4.69, 9.17) is 4.98 Å². The largest absolute Gasteiger partial charge is 0.352 e. The molecule has 3 aromatic carbocycles. The molecule has 4 rings (SSSR count). The first-order valence-electron chi connectivity index (χ1n) is 12.0. The Bertz CT molecular complexity index is 1520. The van der Waals surface area contributed by atoms with Gasteiger partial charge in [-0.25, -0.2) is 9.37 Å². The van der Waals surface area contributed by atoms with Crippen molar-refractivity contribution in [3.63, 3.8) is 0 Å². The molecular weight excluding hydrogens is 489 g/mol. The molecule has 190 valence electrons. The molecule has 1 amide bonds. The highest BCUT2D eigenvalue weighted by molar-refractivity contribution is 7.99. The number of rotatable bonds is 8. The van der Waals surface area contributed by atoms with Crippen molar-refractivity contribution in [1.82, 2.24) is 14.9 Å². The number of thioether (sulfide) groups is 1. The van der Waals surface area contributed by atoms with Gasteiger partial charge in [0.05, 0.1) is 22.3 Å². The van der Waals surface area contributed by atoms with Crippen LogP contribution in [0.4, 0.5) is 4.39 Å². The standard InChI is InChI=1S/C29H28FN3O3S/c1-17(2)15-31-27(35)21-7-10-24-25(14-21)32-29(37-16-26(34)20-5-8-22(30)9-6-20)33(28(24)36)23-12-18(3)11-19(4)13-23/h5-14,17H,15-16H2,1-4H3,(H,31,35). The molecule has 0 atom stereocenters. The molecule has 6 nitrogen and oxygen atoms in total. The number of aryl methyl sites for hydroxylation is 2. The fourth-order valence-electron chi connectivity index (χ4n) is 3.96. The number of nitrogens with one attached hydrogen (secondary N) is 1. The average molecular weight is 518 g/mol. The predicted molar refractivity (Wildman–Crippen MR) is 145 cm³/mol. The third-order valence-electron chi connectivity index (χ3n) is 5.73. The average Bonchev–Trinajstić information content (AvgIpc) is 2.85. The fraction of sp³-hybridized carbons (Fsp3) is 0.241. The molecule has 0 saturated heterocycles. The van der Waals surface area contributed by atoms with Crippen LogP contribution in [0.15, 0.2) is 70.6 Å². The molecule has 1 heterocycles. The Morgan fingerprint density at radius 3 is 2.27 bits per heavy atom. The highest BCUT2D eigenvalue weighted by Gasteiger charge is 2.18. The van der Waals surface area contributed by atoms with Gasteiger partial charge in [-0.1, -0.05) is 31.7 Å². The van der Waals surface area contributed by atoms with Gasteiger partial charge in [-0.3, -0.25) is 19.0 Å². The number of benzene rings is 3. The van der Waals surface area contributed by atoms with Crippen molar-refractivity contribution >= 4 is 34.4 Å². The van der Waals surface area contributed by atoms with E-state index in [1.54, 1.807) is 18.2 Å². The lowest BCUT2D eigenvalue weighted by Gasteiger charge is -2.15. The van der Waals surface area contributed by atoms with E-state index in [1.165, 1.54) is 28.8 Å². The number of Topliss-reactive ketones (excluding diaryl/α,β-unsaturated/α-hetero) is 1. The Morgan fingerprint density at radius 1 is 0.973 bits per heavy atom. The Balaban J connectivity index is 1.78. The third-order valence-corrected chi connectivity index (χ3v) is 6.67. The number of fused-ring (bicyclic) bond motifs is 1. The van der Waals surface area contributed by atoms with Crippen molar-refractivity contribution < 1.29 is 14.0 Å². The zero-order valence-electron chi connectivity index (χ0n) is 21.2. The normalized spacial score (nSPS) is 11.2. The summed E-state index contributed by atoms with van der Waals surface area (Å²) in [5, 5.41) is 3.58. The molecule has 1 N–H and O–H groups in total. The second-order valence-electron chi connectivity index (χ2n) is 9.44. The summed E-state index contributed by atoms with van der Waals surface area (Å²) in [6, 6.07) is 16.0. The van der Waals surface area contributed by atoms with Gasteiger partial charge in [-0.2, -0.15) is 0 Å². The number of hydrogen-bond acceptors (Lipinski definition) is 5. The summed E-state index contributed by atoms with van der Waals surface area (Å²) in [6.07, 6.45) is 0. The van der Waals surface area contributed by atoms with Crippen LogP contribution in [0.25, 0.3) is 16.6 Å². The van der Waals surface area contributed by atoms with Gasteiger partial charge in [0.2, 0.25) is 0 Å². The minimum absolute atomic E-state index is 0.00292. The Kier molecular flexibility index (Phi) is 7.88. The van der Waals surface area contributed by atoms with Crippen LogP contribution in [0.2, 0.25) is 0 Å². The molecular formula is C29H28FN3O3S. The summed E-state index contributed by atoms with van der Waals surface area (Å²) in [5.41, 5.74) is 3.48. The molecule has 0 bridgehead atoms. The second-order valence-corrected chi connectivity index (χ2v) is 10.4. The monoisotopic (exact) mass is 517 g/mol. The van der Waals surface area contributed by atoms with Crippen LogP contribution in [0, 0.1) is 25.6 Å². The molecule has 8 heteroatoms. The number of ketones is 1. The van der Waals surface area contributed by atoms with Crippen molar-refractivity contribution in [2.45, 2.75) is 32.9 Å². The van der Waals surface area contributed by atoms with E-state index < -0.39 is 5.82 Å². The maximum Gasteiger partial charge on any atom is 0.266 e. The predicted octanol–water partition coefficient (Wildman–Crippen LogP) is 5.50. The Labute approximate surface area is 218 Å². The number of carbonyl (C=O) groups is 2. The maximum atomic E-state index is 13.7. The molecule has 0 radical (unpaired) electrons. The summed E-state index contributed by atoms with van der Waals surface area (Å²) < 4.78 is 14.8. The number of halogens is 1. The van der Waals surface area contributed by atoms with Gasteiger partial charge in [-0.05, 0) is 85.5 Å².